The average molecular weight is 186 g/mol. The van der Waals surface area contributed by atoms with E-state index in [9.17, 15) is 4.79 Å². The van der Waals surface area contributed by atoms with Gasteiger partial charge in [0.25, 0.3) is 13.1 Å². The quantitative estimate of drug-likeness (QED) is 0.448. The molecule has 0 fully saturated rings. The van der Waals surface area contributed by atoms with Gasteiger partial charge in [0.15, 0.2) is 0 Å². The maximum absolute atomic E-state index is 11.1. The molecule has 13 heavy (non-hydrogen) atoms. The molecule has 3 nitrogen and oxygen atoms in total. The third-order valence-electron chi connectivity index (χ3n) is 1.87. The summed E-state index contributed by atoms with van der Waals surface area (Å²) in [5.41, 5.74) is 0. The van der Waals surface area contributed by atoms with E-state index in [1.165, 1.54) is 0 Å². The number of hydrogen-bond acceptors (Lipinski definition) is 3. The van der Waals surface area contributed by atoms with Gasteiger partial charge in [0, 0.05) is 13.1 Å². The highest BCUT2D eigenvalue weighted by molar-refractivity contribution is 6.72. The first-order valence-electron chi connectivity index (χ1n) is 4.89. The van der Waals surface area contributed by atoms with E-state index in [1.807, 2.05) is 6.92 Å². The molecule has 4 heteroatoms. The number of rotatable bonds is 7. The first-order chi connectivity index (χ1) is 6.20. The van der Waals surface area contributed by atoms with Crippen LogP contribution in [0, 0.1) is 0 Å². The largest absolute Gasteiger partial charge is 0.474 e. The van der Waals surface area contributed by atoms with E-state index in [0.717, 1.165) is 19.3 Å². The van der Waals surface area contributed by atoms with Gasteiger partial charge in [-0.05, 0) is 13.3 Å². The fraction of sp³-hybridized carbons (Fsp3) is 0.889. The Kier molecular flexibility index (Phi) is 7.79. The van der Waals surface area contributed by atoms with Crippen LogP contribution in [0.3, 0.4) is 0 Å². The topological polar surface area (TPSA) is 35.5 Å². The van der Waals surface area contributed by atoms with Gasteiger partial charge in [0.1, 0.15) is 0 Å². The van der Waals surface area contributed by atoms with Gasteiger partial charge in [-0.2, -0.15) is 0 Å². The van der Waals surface area contributed by atoms with Crippen LogP contribution in [-0.4, -0.2) is 32.9 Å². The Bertz CT molecular complexity index is 139. The Hall–Kier alpha value is -0.505. The molecular formula is C9H19BO3. The minimum Gasteiger partial charge on any atom is -0.474 e. The van der Waals surface area contributed by atoms with E-state index < -0.39 is 0 Å². The molecule has 1 atom stereocenters. The van der Waals surface area contributed by atoms with Crippen LogP contribution in [-0.2, 0) is 9.47 Å². The molecule has 0 rings (SSSR count). The molecule has 0 amide bonds. The number of unbranched alkanes of at least 4 members (excludes halogenated alkanes) is 2. The lowest BCUT2D eigenvalue weighted by Gasteiger charge is -2.07. The van der Waals surface area contributed by atoms with Crippen LogP contribution in [0.1, 0.15) is 33.1 Å². The van der Waals surface area contributed by atoms with Crippen molar-refractivity contribution in [3.63, 3.8) is 0 Å². The molecule has 0 spiro atoms. The predicted molar refractivity (Wildman–Crippen MR) is 54.5 cm³/mol. The van der Waals surface area contributed by atoms with Crippen LogP contribution >= 0.6 is 0 Å². The molecule has 0 radical (unpaired) electrons. The lowest BCUT2D eigenvalue weighted by molar-refractivity contribution is 0.157. The Morgan fingerprint density at radius 1 is 1.46 bits per heavy atom. The molecule has 0 aliphatic heterocycles. The molecular weight excluding hydrogens is 167 g/mol. The van der Waals surface area contributed by atoms with Gasteiger partial charge in [-0.3, -0.25) is 4.79 Å². The van der Waals surface area contributed by atoms with Crippen molar-refractivity contribution < 1.29 is 14.3 Å². The molecule has 0 heterocycles. The van der Waals surface area contributed by atoms with E-state index in [-0.39, 0.29) is 11.9 Å². The first kappa shape index (κ1) is 12.5. The third-order valence-corrected chi connectivity index (χ3v) is 1.87. The lowest BCUT2D eigenvalue weighted by atomic mass is 9.72. The van der Waals surface area contributed by atoms with E-state index in [1.54, 1.807) is 7.11 Å². The van der Waals surface area contributed by atoms with Gasteiger partial charge in [-0.15, -0.1) is 0 Å². The molecule has 0 aromatic carbocycles. The molecule has 0 bridgehead atoms. The summed E-state index contributed by atoms with van der Waals surface area (Å²) >= 11 is 0. The van der Waals surface area contributed by atoms with E-state index in [2.05, 4.69) is 6.92 Å². The normalized spacial score (nSPS) is 12.2. The highest BCUT2D eigenvalue weighted by Gasteiger charge is 2.11. The zero-order valence-corrected chi connectivity index (χ0v) is 8.84. The number of carbonyl (C=O) groups excluding carboxylic acids is 1. The minimum atomic E-state index is -0.162. The Morgan fingerprint density at radius 3 is 2.69 bits per heavy atom. The number of carbonyl (C=O) groups is 1. The Balaban J connectivity index is 3.30. The molecule has 76 valence electrons. The molecule has 0 saturated heterocycles. The molecule has 0 aliphatic rings. The highest BCUT2D eigenvalue weighted by Crippen LogP contribution is 1.95. The third kappa shape index (κ3) is 7.84. The van der Waals surface area contributed by atoms with Crippen molar-refractivity contribution in [3.05, 3.63) is 0 Å². The van der Waals surface area contributed by atoms with Crippen molar-refractivity contribution in [1.82, 2.24) is 0 Å². The summed E-state index contributed by atoms with van der Waals surface area (Å²) in [6, 6.07) is -0.0429. The minimum absolute atomic E-state index is 0.0429. The van der Waals surface area contributed by atoms with Crippen LogP contribution in [0.15, 0.2) is 0 Å². The van der Waals surface area contributed by atoms with E-state index >= 15 is 0 Å². The molecule has 0 aromatic rings. The van der Waals surface area contributed by atoms with Gasteiger partial charge in [-0.25, -0.2) is 0 Å². The summed E-state index contributed by atoms with van der Waals surface area (Å²) in [6.07, 6.45) is 3.22. The lowest BCUT2D eigenvalue weighted by Crippen LogP contribution is -2.24. The smallest absolute Gasteiger partial charge is 0.292 e. The zero-order valence-electron chi connectivity index (χ0n) is 8.84. The second-order valence-electron chi connectivity index (χ2n) is 3.18. The van der Waals surface area contributed by atoms with Crippen molar-refractivity contribution in [1.29, 1.82) is 0 Å². The zero-order chi connectivity index (χ0) is 10.1. The average Bonchev–Trinajstić information content (AvgIpc) is 2.12. The maximum atomic E-state index is 11.1. The standard InChI is InChI=1S/C9H19BO3/c1-4-5-6-7-13-9(11)10-8(2)12-3/h8,10H,4-7H2,1-3H3. The second-order valence-corrected chi connectivity index (χ2v) is 3.18. The molecule has 0 aliphatic carbocycles. The van der Waals surface area contributed by atoms with Gasteiger partial charge in [-0.1, -0.05) is 19.8 Å². The first-order valence-corrected chi connectivity index (χ1v) is 4.89. The van der Waals surface area contributed by atoms with Crippen molar-refractivity contribution in [2.45, 2.75) is 39.1 Å². The van der Waals surface area contributed by atoms with Crippen LogP contribution in [0.5, 0.6) is 0 Å². The van der Waals surface area contributed by atoms with Crippen molar-refractivity contribution >= 4 is 13.1 Å². The molecule has 0 aromatic heterocycles. The molecule has 1 unspecified atom stereocenters. The summed E-state index contributed by atoms with van der Waals surface area (Å²) in [4.78, 5) is 11.1. The van der Waals surface area contributed by atoms with Crippen LogP contribution in [0.2, 0.25) is 0 Å². The Morgan fingerprint density at radius 2 is 2.15 bits per heavy atom. The van der Waals surface area contributed by atoms with Crippen molar-refractivity contribution in [3.8, 4) is 0 Å². The summed E-state index contributed by atoms with van der Waals surface area (Å²) in [5.74, 6) is -0.162. The maximum Gasteiger partial charge on any atom is 0.292 e. The summed E-state index contributed by atoms with van der Waals surface area (Å²) in [5, 5.41) is 0. The second kappa shape index (κ2) is 8.11. The van der Waals surface area contributed by atoms with Gasteiger partial charge in [0.2, 0.25) is 0 Å². The Labute approximate surface area is 81.0 Å². The summed E-state index contributed by atoms with van der Waals surface area (Å²) in [7, 11) is 1.94. The van der Waals surface area contributed by atoms with Crippen LogP contribution < -0.4 is 0 Å². The monoisotopic (exact) mass is 186 g/mol. The molecule has 0 saturated carbocycles. The predicted octanol–water partition coefficient (Wildman–Crippen LogP) is 1.74. The number of ether oxygens (including phenoxy) is 2. The van der Waals surface area contributed by atoms with Crippen molar-refractivity contribution in [2.24, 2.45) is 0 Å². The van der Waals surface area contributed by atoms with Crippen LogP contribution in [0.4, 0.5) is 4.79 Å². The van der Waals surface area contributed by atoms with Gasteiger partial charge < -0.3 is 9.47 Å². The fourth-order valence-electron chi connectivity index (χ4n) is 0.915. The number of methoxy groups -OCH3 is 1. The highest BCUT2D eigenvalue weighted by atomic mass is 16.5. The van der Waals surface area contributed by atoms with E-state index in [4.69, 9.17) is 9.47 Å². The molecule has 0 N–H and O–H groups in total. The summed E-state index contributed by atoms with van der Waals surface area (Å²) < 4.78 is 9.95. The summed E-state index contributed by atoms with van der Waals surface area (Å²) in [6.45, 7) is 4.52. The van der Waals surface area contributed by atoms with Gasteiger partial charge >= 0.3 is 0 Å². The fourth-order valence-corrected chi connectivity index (χ4v) is 0.915. The number of hydrogen-bond donors (Lipinski definition) is 0. The van der Waals surface area contributed by atoms with E-state index in [0.29, 0.717) is 13.9 Å². The SMILES string of the molecule is CCCCCOC(=O)BC(C)OC. The van der Waals surface area contributed by atoms with Crippen LogP contribution in [0.25, 0.3) is 0 Å². The van der Waals surface area contributed by atoms with Crippen molar-refractivity contribution in [2.75, 3.05) is 13.7 Å². The van der Waals surface area contributed by atoms with Gasteiger partial charge in [0.05, 0.1) is 6.61 Å².